The number of carbonyl (C=O) groups excluding carboxylic acids is 1. The van der Waals surface area contributed by atoms with Crippen LogP contribution in [0.3, 0.4) is 0 Å². The van der Waals surface area contributed by atoms with E-state index >= 15 is 0 Å². The molecule has 4 heteroatoms. The van der Waals surface area contributed by atoms with Gasteiger partial charge in [0.25, 0.3) is 5.91 Å². The van der Waals surface area contributed by atoms with Crippen molar-refractivity contribution < 1.29 is 9.53 Å². The number of hydrogen-bond acceptors (Lipinski definition) is 3. The maximum atomic E-state index is 12.6. The van der Waals surface area contributed by atoms with Crippen LogP contribution in [0.1, 0.15) is 21.5 Å². The largest absolute Gasteiger partial charge is 0.487 e. The van der Waals surface area contributed by atoms with E-state index in [-0.39, 0.29) is 12.0 Å². The van der Waals surface area contributed by atoms with Crippen LogP contribution in [0.25, 0.3) is 0 Å². The summed E-state index contributed by atoms with van der Waals surface area (Å²) < 4.78 is 6.13. The molecule has 1 N–H and O–H groups in total. The van der Waals surface area contributed by atoms with Crippen LogP contribution in [-0.2, 0) is 13.0 Å². The first-order chi connectivity index (χ1) is 14.3. The molecular weight excluding hydrogens is 360 g/mol. The van der Waals surface area contributed by atoms with Gasteiger partial charge >= 0.3 is 0 Å². The zero-order valence-electron chi connectivity index (χ0n) is 16.5. The molecule has 4 nitrogen and oxygen atoms in total. The molecule has 1 amide bonds. The van der Waals surface area contributed by atoms with Gasteiger partial charge in [-0.1, -0.05) is 72.8 Å². The third-order valence-corrected chi connectivity index (χ3v) is 5.20. The Morgan fingerprint density at radius 1 is 0.862 bits per heavy atom. The molecule has 4 rings (SSSR count). The number of para-hydroxylation sites is 1. The third kappa shape index (κ3) is 5.24. The highest BCUT2D eigenvalue weighted by atomic mass is 16.5. The fraction of sp³-hybridized carbons (Fsp3) is 0.240. The van der Waals surface area contributed by atoms with Gasteiger partial charge in [0.2, 0.25) is 0 Å². The topological polar surface area (TPSA) is 41.6 Å². The second-order valence-corrected chi connectivity index (χ2v) is 7.40. The van der Waals surface area contributed by atoms with Crippen LogP contribution in [-0.4, -0.2) is 36.5 Å². The molecule has 1 heterocycles. The van der Waals surface area contributed by atoms with Gasteiger partial charge in [0.1, 0.15) is 11.9 Å². The number of benzene rings is 3. The molecule has 3 aromatic carbocycles. The number of likely N-dealkylation sites (tertiary alicyclic amines) is 1. The number of hydrogen-bond donors (Lipinski definition) is 1. The van der Waals surface area contributed by atoms with E-state index in [9.17, 15) is 4.79 Å². The lowest BCUT2D eigenvalue weighted by atomic mass is 10.1. The summed E-state index contributed by atoms with van der Waals surface area (Å²) in [5.74, 6) is 0.551. The summed E-state index contributed by atoms with van der Waals surface area (Å²) in [5.41, 5.74) is 3.02. The van der Waals surface area contributed by atoms with E-state index < -0.39 is 0 Å². The average Bonchev–Trinajstić information content (AvgIpc) is 2.75. The normalized spacial score (nSPS) is 14.2. The Balaban J connectivity index is 1.27. The van der Waals surface area contributed by atoms with Gasteiger partial charge < -0.3 is 10.1 Å². The molecule has 0 aromatic heterocycles. The summed E-state index contributed by atoms with van der Waals surface area (Å²) in [7, 11) is 0. The van der Waals surface area contributed by atoms with Gasteiger partial charge in [-0.15, -0.1) is 0 Å². The van der Waals surface area contributed by atoms with Crippen molar-refractivity contribution in [3.63, 3.8) is 0 Å². The predicted molar refractivity (Wildman–Crippen MR) is 115 cm³/mol. The summed E-state index contributed by atoms with van der Waals surface area (Å²) in [5, 5.41) is 2.98. The summed E-state index contributed by atoms with van der Waals surface area (Å²) >= 11 is 0. The number of rotatable bonds is 8. The van der Waals surface area contributed by atoms with Crippen LogP contribution in [0, 0.1) is 0 Å². The molecule has 0 radical (unpaired) electrons. The van der Waals surface area contributed by atoms with Gasteiger partial charge in [0, 0.05) is 26.2 Å². The number of nitrogens with one attached hydrogen (secondary N) is 1. The molecule has 1 fully saturated rings. The Bertz CT molecular complexity index is 922. The zero-order chi connectivity index (χ0) is 19.9. The quantitative estimate of drug-likeness (QED) is 0.638. The first kappa shape index (κ1) is 19.2. The highest BCUT2D eigenvalue weighted by Gasteiger charge is 2.29. The molecule has 29 heavy (non-hydrogen) atoms. The number of ether oxygens (including phenoxy) is 1. The molecule has 0 bridgehead atoms. The zero-order valence-corrected chi connectivity index (χ0v) is 16.5. The Morgan fingerprint density at radius 2 is 1.48 bits per heavy atom. The lowest BCUT2D eigenvalue weighted by molar-refractivity contribution is 0.0203. The maximum Gasteiger partial charge on any atom is 0.255 e. The van der Waals surface area contributed by atoms with Gasteiger partial charge in [0.05, 0.1) is 5.56 Å². The first-order valence-corrected chi connectivity index (χ1v) is 10.1. The molecular formula is C25H26N2O2. The number of carbonyl (C=O) groups is 1. The van der Waals surface area contributed by atoms with Crippen molar-refractivity contribution in [1.82, 2.24) is 10.2 Å². The first-order valence-electron chi connectivity index (χ1n) is 10.1. The smallest absolute Gasteiger partial charge is 0.255 e. The lowest BCUT2D eigenvalue weighted by Crippen LogP contribution is -2.54. The highest BCUT2D eigenvalue weighted by molar-refractivity contribution is 5.96. The standard InChI is InChI=1S/C25H26N2O2/c28-25(26-17-21-11-5-2-6-12-21)23-13-7-8-14-24(23)29-22-18-27(19-22)16-15-20-9-3-1-4-10-20/h1-14,22H,15-19H2,(H,26,28). The molecule has 1 aliphatic rings. The van der Waals surface area contributed by atoms with Gasteiger partial charge in [-0.05, 0) is 29.7 Å². The van der Waals surface area contributed by atoms with Crippen LogP contribution < -0.4 is 10.1 Å². The minimum Gasteiger partial charge on any atom is -0.487 e. The third-order valence-electron chi connectivity index (χ3n) is 5.20. The minimum absolute atomic E-state index is 0.107. The fourth-order valence-corrected chi connectivity index (χ4v) is 3.52. The van der Waals surface area contributed by atoms with Crippen molar-refractivity contribution in [2.75, 3.05) is 19.6 Å². The van der Waals surface area contributed by atoms with Crippen LogP contribution in [0.2, 0.25) is 0 Å². The van der Waals surface area contributed by atoms with Gasteiger partial charge in [-0.3, -0.25) is 9.69 Å². The molecule has 0 unspecified atom stereocenters. The molecule has 1 aliphatic heterocycles. The van der Waals surface area contributed by atoms with E-state index in [1.54, 1.807) is 0 Å². The molecule has 0 atom stereocenters. The summed E-state index contributed by atoms with van der Waals surface area (Å²) in [4.78, 5) is 15.0. The van der Waals surface area contributed by atoms with Crippen molar-refractivity contribution in [2.45, 2.75) is 19.1 Å². The Labute approximate surface area is 172 Å². The highest BCUT2D eigenvalue weighted by Crippen LogP contribution is 2.23. The van der Waals surface area contributed by atoms with E-state index in [1.165, 1.54) is 5.56 Å². The van der Waals surface area contributed by atoms with E-state index in [1.807, 2.05) is 60.7 Å². The van der Waals surface area contributed by atoms with Gasteiger partial charge in [-0.2, -0.15) is 0 Å². The van der Waals surface area contributed by atoms with E-state index in [2.05, 4.69) is 34.5 Å². The monoisotopic (exact) mass is 386 g/mol. The Morgan fingerprint density at radius 3 is 2.21 bits per heavy atom. The van der Waals surface area contributed by atoms with Crippen molar-refractivity contribution in [3.05, 3.63) is 102 Å². The summed E-state index contributed by atoms with van der Waals surface area (Å²) in [6.45, 7) is 3.33. The van der Waals surface area contributed by atoms with Crippen LogP contribution in [0.4, 0.5) is 0 Å². The van der Waals surface area contributed by atoms with Gasteiger partial charge in [-0.25, -0.2) is 0 Å². The Kier molecular flexibility index (Phi) is 6.22. The molecule has 0 spiro atoms. The second kappa shape index (κ2) is 9.39. The van der Waals surface area contributed by atoms with Gasteiger partial charge in [0.15, 0.2) is 0 Å². The van der Waals surface area contributed by atoms with Crippen molar-refractivity contribution in [3.8, 4) is 5.75 Å². The molecule has 148 valence electrons. The second-order valence-electron chi connectivity index (χ2n) is 7.40. The SMILES string of the molecule is O=C(NCc1ccccc1)c1ccccc1OC1CN(CCc2ccccc2)C1. The minimum atomic E-state index is -0.107. The van der Waals surface area contributed by atoms with E-state index in [0.717, 1.165) is 31.6 Å². The Hall–Kier alpha value is -3.11. The maximum absolute atomic E-state index is 12.6. The molecule has 3 aromatic rings. The average molecular weight is 386 g/mol. The number of nitrogens with zero attached hydrogens (tertiary/aromatic N) is 1. The van der Waals surface area contributed by atoms with Crippen LogP contribution >= 0.6 is 0 Å². The molecule has 0 aliphatic carbocycles. The molecule has 1 saturated heterocycles. The van der Waals surface area contributed by atoms with E-state index in [0.29, 0.717) is 17.9 Å². The summed E-state index contributed by atoms with van der Waals surface area (Å²) in [6, 6.07) is 27.9. The fourth-order valence-electron chi connectivity index (χ4n) is 3.52. The van der Waals surface area contributed by atoms with Crippen molar-refractivity contribution in [2.24, 2.45) is 0 Å². The summed E-state index contributed by atoms with van der Waals surface area (Å²) in [6.07, 6.45) is 1.18. The predicted octanol–water partition coefficient (Wildman–Crippen LogP) is 3.92. The lowest BCUT2D eigenvalue weighted by Gasteiger charge is -2.39. The van der Waals surface area contributed by atoms with Crippen LogP contribution in [0.5, 0.6) is 5.75 Å². The van der Waals surface area contributed by atoms with Crippen molar-refractivity contribution in [1.29, 1.82) is 0 Å². The van der Waals surface area contributed by atoms with Crippen LogP contribution in [0.15, 0.2) is 84.9 Å². The van der Waals surface area contributed by atoms with Crippen molar-refractivity contribution >= 4 is 5.91 Å². The molecule has 0 saturated carbocycles. The van der Waals surface area contributed by atoms with E-state index in [4.69, 9.17) is 4.74 Å². The number of amides is 1.